The SMILES string of the molecule is COc1ccc(C2CCC3(CC2)OCCO3)cn1. The van der Waals surface area contributed by atoms with Crippen LogP contribution in [-0.4, -0.2) is 31.1 Å². The second-order valence-corrected chi connectivity index (χ2v) is 5.02. The maximum absolute atomic E-state index is 5.74. The Hall–Kier alpha value is -1.13. The Kier molecular flexibility index (Phi) is 3.22. The van der Waals surface area contributed by atoms with Crippen LogP contribution in [0.15, 0.2) is 18.3 Å². The van der Waals surface area contributed by atoms with Gasteiger partial charge in [-0.15, -0.1) is 0 Å². The van der Waals surface area contributed by atoms with Gasteiger partial charge in [-0.1, -0.05) is 6.07 Å². The quantitative estimate of drug-likeness (QED) is 0.807. The molecule has 0 N–H and O–H groups in total. The molecule has 1 spiro atoms. The Morgan fingerprint density at radius 3 is 2.50 bits per heavy atom. The molecule has 0 bridgehead atoms. The van der Waals surface area contributed by atoms with E-state index in [1.54, 1.807) is 7.11 Å². The first-order valence-electron chi connectivity index (χ1n) is 6.59. The molecular formula is C14H19NO3. The molecule has 1 aromatic heterocycles. The predicted molar refractivity (Wildman–Crippen MR) is 66.6 cm³/mol. The zero-order valence-electron chi connectivity index (χ0n) is 10.7. The van der Waals surface area contributed by atoms with Gasteiger partial charge in [0.1, 0.15) is 0 Å². The maximum Gasteiger partial charge on any atom is 0.212 e. The van der Waals surface area contributed by atoms with Crippen molar-refractivity contribution in [1.29, 1.82) is 0 Å². The summed E-state index contributed by atoms with van der Waals surface area (Å²) in [6, 6.07) is 4.05. The molecule has 1 saturated carbocycles. The summed E-state index contributed by atoms with van der Waals surface area (Å²) in [5.74, 6) is 0.978. The monoisotopic (exact) mass is 249 g/mol. The predicted octanol–water partition coefficient (Wildman–Crippen LogP) is 2.49. The Morgan fingerprint density at radius 1 is 1.22 bits per heavy atom. The summed E-state index contributed by atoms with van der Waals surface area (Å²) in [6.07, 6.45) is 6.12. The number of rotatable bonds is 2. The number of hydrogen-bond donors (Lipinski definition) is 0. The van der Waals surface area contributed by atoms with Crippen molar-refractivity contribution in [3.05, 3.63) is 23.9 Å². The molecule has 4 heteroatoms. The molecule has 0 radical (unpaired) electrons. The van der Waals surface area contributed by atoms with E-state index in [0.29, 0.717) is 11.8 Å². The average Bonchev–Trinajstić information content (AvgIpc) is 2.88. The van der Waals surface area contributed by atoms with Gasteiger partial charge in [0.15, 0.2) is 5.79 Å². The van der Waals surface area contributed by atoms with E-state index in [1.165, 1.54) is 5.56 Å². The Labute approximate surface area is 107 Å². The largest absolute Gasteiger partial charge is 0.481 e. The Morgan fingerprint density at radius 2 is 1.94 bits per heavy atom. The second-order valence-electron chi connectivity index (χ2n) is 5.02. The molecule has 2 fully saturated rings. The fourth-order valence-corrected chi connectivity index (χ4v) is 2.93. The van der Waals surface area contributed by atoms with Crippen LogP contribution >= 0.6 is 0 Å². The van der Waals surface area contributed by atoms with Gasteiger partial charge in [-0.05, 0) is 24.3 Å². The Bertz CT molecular complexity index is 388. The van der Waals surface area contributed by atoms with E-state index in [0.717, 1.165) is 38.9 Å². The summed E-state index contributed by atoms with van der Waals surface area (Å²) in [4.78, 5) is 4.28. The average molecular weight is 249 g/mol. The van der Waals surface area contributed by atoms with Crippen LogP contribution in [0.5, 0.6) is 5.88 Å². The summed E-state index contributed by atoms with van der Waals surface area (Å²) in [5, 5.41) is 0. The standard InChI is InChI=1S/C14H19NO3/c1-16-13-3-2-12(10-15-13)11-4-6-14(7-5-11)17-8-9-18-14/h2-3,10-11H,4-9H2,1H3. The zero-order valence-corrected chi connectivity index (χ0v) is 10.7. The summed E-state index contributed by atoms with van der Waals surface area (Å²) in [6.45, 7) is 1.49. The van der Waals surface area contributed by atoms with E-state index < -0.39 is 0 Å². The van der Waals surface area contributed by atoms with Gasteiger partial charge in [-0.3, -0.25) is 0 Å². The highest BCUT2D eigenvalue weighted by molar-refractivity contribution is 5.21. The highest BCUT2D eigenvalue weighted by atomic mass is 16.7. The maximum atomic E-state index is 5.74. The minimum absolute atomic E-state index is 0.267. The van der Waals surface area contributed by atoms with Crippen LogP contribution < -0.4 is 4.74 Å². The summed E-state index contributed by atoms with van der Waals surface area (Å²) in [7, 11) is 1.64. The first-order chi connectivity index (χ1) is 8.81. The van der Waals surface area contributed by atoms with Crippen LogP contribution in [0.1, 0.15) is 37.2 Å². The highest BCUT2D eigenvalue weighted by Gasteiger charge is 2.40. The lowest BCUT2D eigenvalue weighted by molar-refractivity contribution is -0.178. The van der Waals surface area contributed by atoms with Crippen LogP contribution in [0, 0.1) is 0 Å². The lowest BCUT2D eigenvalue weighted by Crippen LogP contribution is -2.34. The lowest BCUT2D eigenvalue weighted by atomic mass is 9.81. The van der Waals surface area contributed by atoms with Crippen LogP contribution in [-0.2, 0) is 9.47 Å². The summed E-state index contributed by atoms with van der Waals surface area (Å²) < 4.78 is 16.6. The minimum Gasteiger partial charge on any atom is -0.481 e. The molecular weight excluding hydrogens is 230 g/mol. The molecule has 1 aromatic rings. The number of pyridine rings is 1. The van der Waals surface area contributed by atoms with Gasteiger partial charge in [0.05, 0.1) is 20.3 Å². The van der Waals surface area contributed by atoms with Crippen molar-refractivity contribution < 1.29 is 14.2 Å². The molecule has 0 atom stereocenters. The van der Waals surface area contributed by atoms with Gasteiger partial charge in [0, 0.05) is 25.1 Å². The summed E-state index contributed by atoms with van der Waals surface area (Å²) >= 11 is 0. The van der Waals surface area contributed by atoms with Gasteiger partial charge < -0.3 is 14.2 Å². The van der Waals surface area contributed by atoms with Gasteiger partial charge >= 0.3 is 0 Å². The van der Waals surface area contributed by atoms with E-state index in [9.17, 15) is 0 Å². The van der Waals surface area contributed by atoms with Crippen LogP contribution in [0.4, 0.5) is 0 Å². The number of nitrogens with zero attached hydrogens (tertiary/aromatic N) is 1. The smallest absolute Gasteiger partial charge is 0.212 e. The van der Waals surface area contributed by atoms with Gasteiger partial charge in [0.25, 0.3) is 0 Å². The van der Waals surface area contributed by atoms with Crippen molar-refractivity contribution in [1.82, 2.24) is 4.98 Å². The number of methoxy groups -OCH3 is 1. The first-order valence-corrected chi connectivity index (χ1v) is 6.59. The zero-order chi connectivity index (χ0) is 12.4. The highest BCUT2D eigenvalue weighted by Crippen LogP contribution is 2.42. The topological polar surface area (TPSA) is 40.6 Å². The fourth-order valence-electron chi connectivity index (χ4n) is 2.93. The van der Waals surface area contributed by atoms with Crippen molar-refractivity contribution in [2.75, 3.05) is 20.3 Å². The third-order valence-corrected chi connectivity index (χ3v) is 4.00. The van der Waals surface area contributed by atoms with E-state index in [2.05, 4.69) is 11.1 Å². The molecule has 0 aromatic carbocycles. The van der Waals surface area contributed by atoms with E-state index in [1.807, 2.05) is 12.3 Å². The first kappa shape index (κ1) is 11.9. The van der Waals surface area contributed by atoms with Gasteiger partial charge in [-0.2, -0.15) is 0 Å². The number of hydrogen-bond acceptors (Lipinski definition) is 4. The number of ether oxygens (including phenoxy) is 3. The van der Waals surface area contributed by atoms with Crippen molar-refractivity contribution >= 4 is 0 Å². The Balaban J connectivity index is 1.64. The summed E-state index contributed by atoms with van der Waals surface area (Å²) in [5.41, 5.74) is 1.30. The minimum atomic E-state index is -0.267. The molecule has 1 saturated heterocycles. The number of aromatic nitrogens is 1. The van der Waals surface area contributed by atoms with E-state index in [4.69, 9.17) is 14.2 Å². The molecule has 0 amide bonds. The van der Waals surface area contributed by atoms with Crippen LogP contribution in [0.2, 0.25) is 0 Å². The molecule has 4 nitrogen and oxygen atoms in total. The van der Waals surface area contributed by atoms with Gasteiger partial charge in [0.2, 0.25) is 5.88 Å². The van der Waals surface area contributed by atoms with E-state index >= 15 is 0 Å². The van der Waals surface area contributed by atoms with Crippen molar-refractivity contribution in [2.45, 2.75) is 37.4 Å². The molecule has 1 aliphatic carbocycles. The molecule has 2 aliphatic rings. The van der Waals surface area contributed by atoms with Crippen molar-refractivity contribution in [3.8, 4) is 5.88 Å². The molecule has 98 valence electrons. The molecule has 1 aliphatic heterocycles. The molecule has 0 unspecified atom stereocenters. The fraction of sp³-hybridized carbons (Fsp3) is 0.643. The van der Waals surface area contributed by atoms with Gasteiger partial charge in [-0.25, -0.2) is 4.98 Å². The third-order valence-electron chi connectivity index (χ3n) is 4.00. The molecule has 3 rings (SSSR count). The van der Waals surface area contributed by atoms with Crippen molar-refractivity contribution in [2.24, 2.45) is 0 Å². The lowest BCUT2D eigenvalue weighted by Gasteiger charge is -2.35. The molecule has 2 heterocycles. The second kappa shape index (κ2) is 4.86. The van der Waals surface area contributed by atoms with Crippen molar-refractivity contribution in [3.63, 3.8) is 0 Å². The van der Waals surface area contributed by atoms with E-state index in [-0.39, 0.29) is 5.79 Å². The van der Waals surface area contributed by atoms with Crippen LogP contribution in [0.25, 0.3) is 0 Å². The van der Waals surface area contributed by atoms with Crippen LogP contribution in [0.3, 0.4) is 0 Å². The third kappa shape index (κ3) is 2.22. The molecule has 18 heavy (non-hydrogen) atoms. The normalized spacial score (nSPS) is 23.4.